The van der Waals surface area contributed by atoms with E-state index in [1.165, 1.54) is 0 Å². The number of rotatable bonds is 8. The molecule has 0 spiro atoms. The van der Waals surface area contributed by atoms with Crippen molar-refractivity contribution in [2.75, 3.05) is 18.9 Å². The molecular formula is C26H27N5O4. The molecule has 0 fully saturated rings. The minimum Gasteiger partial charge on any atom is -0.465 e. The summed E-state index contributed by atoms with van der Waals surface area (Å²) in [5.41, 5.74) is 3.03. The van der Waals surface area contributed by atoms with E-state index >= 15 is 0 Å². The summed E-state index contributed by atoms with van der Waals surface area (Å²) in [5, 5.41) is 9.70. The van der Waals surface area contributed by atoms with Gasteiger partial charge in [0, 0.05) is 36.8 Å². The largest absolute Gasteiger partial charge is 0.465 e. The maximum Gasteiger partial charge on any atom is 0.321 e. The number of hydrogen-bond acceptors (Lipinski definition) is 6. The molecule has 2 aromatic heterocycles. The van der Waals surface area contributed by atoms with Crippen molar-refractivity contribution in [2.24, 2.45) is 0 Å². The van der Waals surface area contributed by atoms with Crippen LogP contribution in [0, 0.1) is 13.8 Å². The monoisotopic (exact) mass is 473 g/mol. The quantitative estimate of drug-likeness (QED) is 0.387. The summed E-state index contributed by atoms with van der Waals surface area (Å²) in [5.74, 6) is 2.14. The Bertz CT molecular complexity index is 1310. The molecule has 9 heteroatoms. The summed E-state index contributed by atoms with van der Waals surface area (Å²) in [4.78, 5) is 30.7. The molecule has 4 rings (SSSR count). The first-order chi connectivity index (χ1) is 16.9. The molecule has 4 aromatic rings. The number of anilines is 1. The Kier molecular flexibility index (Phi) is 7.25. The Hall–Kier alpha value is -4.40. The van der Waals surface area contributed by atoms with E-state index in [2.05, 4.69) is 20.8 Å². The van der Waals surface area contributed by atoms with Gasteiger partial charge in [-0.05, 0) is 67.9 Å². The number of benzene rings is 2. The van der Waals surface area contributed by atoms with Crippen LogP contribution in [0.2, 0.25) is 0 Å². The summed E-state index contributed by atoms with van der Waals surface area (Å²) in [6, 6.07) is 18.0. The Morgan fingerprint density at radius 3 is 2.54 bits per heavy atom. The van der Waals surface area contributed by atoms with Gasteiger partial charge in [-0.2, -0.15) is 4.98 Å². The lowest BCUT2D eigenvalue weighted by molar-refractivity contribution is 0.0948. The lowest BCUT2D eigenvalue weighted by Gasteiger charge is -2.17. The van der Waals surface area contributed by atoms with E-state index < -0.39 is 0 Å². The Balaban J connectivity index is 1.28. The number of nitrogens with one attached hydrogen (secondary N) is 2. The van der Waals surface area contributed by atoms with Crippen LogP contribution in [0.15, 0.2) is 69.6 Å². The second kappa shape index (κ2) is 10.7. The van der Waals surface area contributed by atoms with E-state index in [0.29, 0.717) is 48.1 Å². The highest BCUT2D eigenvalue weighted by atomic mass is 16.5. The fourth-order valence-electron chi connectivity index (χ4n) is 3.40. The molecule has 2 N–H and O–H groups in total. The van der Waals surface area contributed by atoms with Crippen molar-refractivity contribution in [1.29, 1.82) is 0 Å². The fourth-order valence-corrected chi connectivity index (χ4v) is 3.40. The van der Waals surface area contributed by atoms with Gasteiger partial charge in [0.05, 0.1) is 6.54 Å². The zero-order valence-electron chi connectivity index (χ0n) is 19.9. The van der Waals surface area contributed by atoms with E-state index in [-0.39, 0.29) is 11.9 Å². The van der Waals surface area contributed by atoms with Gasteiger partial charge in [0.25, 0.3) is 11.8 Å². The zero-order valence-corrected chi connectivity index (χ0v) is 19.9. The Morgan fingerprint density at radius 1 is 1.03 bits per heavy atom. The lowest BCUT2D eigenvalue weighted by atomic mass is 10.1. The lowest BCUT2D eigenvalue weighted by Crippen LogP contribution is -2.33. The van der Waals surface area contributed by atoms with E-state index in [4.69, 9.17) is 8.94 Å². The van der Waals surface area contributed by atoms with E-state index in [1.807, 2.05) is 50.2 Å². The van der Waals surface area contributed by atoms with Crippen molar-refractivity contribution in [3.63, 3.8) is 0 Å². The molecule has 35 heavy (non-hydrogen) atoms. The Labute approximate surface area is 203 Å². The van der Waals surface area contributed by atoms with Crippen LogP contribution in [0.1, 0.15) is 33.3 Å². The first-order valence-corrected chi connectivity index (χ1v) is 11.2. The molecule has 3 amide bonds. The molecule has 0 aliphatic rings. The maximum absolute atomic E-state index is 12.4. The van der Waals surface area contributed by atoms with Crippen LogP contribution in [0.25, 0.3) is 11.5 Å². The first kappa shape index (κ1) is 23.7. The highest BCUT2D eigenvalue weighted by Crippen LogP contribution is 2.18. The maximum atomic E-state index is 12.4. The summed E-state index contributed by atoms with van der Waals surface area (Å²) < 4.78 is 10.8. The average Bonchev–Trinajstić information content (AvgIpc) is 3.50. The number of carbonyl (C=O) groups is 2. The number of aryl methyl sites for hydroxylation is 2. The number of hydrogen-bond donors (Lipinski definition) is 2. The molecule has 180 valence electrons. The van der Waals surface area contributed by atoms with Crippen LogP contribution < -0.4 is 10.6 Å². The number of nitrogens with zero attached hydrogens (tertiary/aromatic N) is 3. The highest BCUT2D eigenvalue weighted by molar-refractivity contribution is 5.94. The number of carbonyl (C=O) groups excluding carboxylic acids is 2. The molecular weight excluding hydrogens is 446 g/mol. The third-order valence-electron chi connectivity index (χ3n) is 5.37. The summed E-state index contributed by atoms with van der Waals surface area (Å²) in [6.45, 7) is 4.57. The molecule has 0 aliphatic carbocycles. The summed E-state index contributed by atoms with van der Waals surface area (Å²) in [6.07, 6.45) is 0.438. The van der Waals surface area contributed by atoms with E-state index in [1.54, 1.807) is 36.2 Å². The highest BCUT2D eigenvalue weighted by Gasteiger charge is 2.14. The third-order valence-corrected chi connectivity index (χ3v) is 5.37. The van der Waals surface area contributed by atoms with Gasteiger partial charge in [0.15, 0.2) is 5.82 Å². The van der Waals surface area contributed by atoms with Gasteiger partial charge >= 0.3 is 6.03 Å². The van der Waals surface area contributed by atoms with Gasteiger partial charge in [-0.1, -0.05) is 17.3 Å². The van der Waals surface area contributed by atoms with E-state index in [9.17, 15) is 9.59 Å². The van der Waals surface area contributed by atoms with Crippen LogP contribution >= 0.6 is 0 Å². The van der Waals surface area contributed by atoms with Crippen LogP contribution in [-0.4, -0.2) is 40.6 Å². The number of aromatic nitrogens is 2. The molecule has 0 bridgehead atoms. The minimum absolute atomic E-state index is 0.205. The average molecular weight is 474 g/mol. The van der Waals surface area contributed by atoms with Crippen molar-refractivity contribution >= 4 is 17.6 Å². The SMILES string of the molecule is Cc1cccc(NC(=O)N(C)CCc2noc(-c3ccc(C(=O)NCc4ccc(C)o4)cc3)n2)c1. The molecule has 0 aliphatic heterocycles. The Morgan fingerprint density at radius 2 is 1.83 bits per heavy atom. The molecule has 0 saturated heterocycles. The van der Waals surface area contributed by atoms with Crippen molar-refractivity contribution in [1.82, 2.24) is 20.4 Å². The molecule has 0 atom stereocenters. The van der Waals surface area contributed by atoms with Gasteiger partial charge in [-0.15, -0.1) is 0 Å². The predicted octanol–water partition coefficient (Wildman–Crippen LogP) is 4.58. The number of amides is 3. The standard InChI is InChI=1S/C26H27N5O4/c1-17-5-4-6-21(15-17)28-26(33)31(3)14-13-23-29-25(35-30-23)20-10-8-19(9-11-20)24(32)27-16-22-12-7-18(2)34-22/h4-12,15H,13-14,16H2,1-3H3,(H,27,32)(H,28,33). The first-order valence-electron chi connectivity index (χ1n) is 11.2. The molecule has 2 heterocycles. The van der Waals surface area contributed by atoms with Gasteiger partial charge in [0.2, 0.25) is 0 Å². The van der Waals surface area contributed by atoms with Crippen molar-refractivity contribution in [2.45, 2.75) is 26.8 Å². The fraction of sp³-hybridized carbons (Fsp3) is 0.231. The molecule has 2 aromatic carbocycles. The number of likely N-dealkylation sites (N-methyl/N-ethyl adjacent to an activating group) is 1. The smallest absolute Gasteiger partial charge is 0.321 e. The van der Waals surface area contributed by atoms with Crippen LogP contribution in [-0.2, 0) is 13.0 Å². The molecule has 0 unspecified atom stereocenters. The van der Waals surface area contributed by atoms with Crippen molar-refractivity contribution < 1.29 is 18.5 Å². The predicted molar refractivity (Wildman–Crippen MR) is 131 cm³/mol. The minimum atomic E-state index is -0.213. The van der Waals surface area contributed by atoms with Gasteiger partial charge in [-0.25, -0.2) is 4.79 Å². The molecule has 0 saturated carbocycles. The van der Waals surface area contributed by atoms with Crippen LogP contribution in [0.3, 0.4) is 0 Å². The molecule has 0 radical (unpaired) electrons. The molecule has 9 nitrogen and oxygen atoms in total. The summed E-state index contributed by atoms with van der Waals surface area (Å²) in [7, 11) is 1.71. The van der Waals surface area contributed by atoms with Gasteiger partial charge < -0.3 is 24.5 Å². The van der Waals surface area contributed by atoms with Crippen molar-refractivity contribution in [3.05, 3.63) is 89.1 Å². The number of urea groups is 1. The third kappa shape index (κ3) is 6.35. The second-order valence-corrected chi connectivity index (χ2v) is 8.26. The topological polar surface area (TPSA) is 114 Å². The van der Waals surface area contributed by atoms with Crippen LogP contribution in [0.5, 0.6) is 0 Å². The number of furan rings is 1. The second-order valence-electron chi connectivity index (χ2n) is 8.26. The van der Waals surface area contributed by atoms with Gasteiger partial charge in [-0.3, -0.25) is 4.79 Å². The van der Waals surface area contributed by atoms with Crippen LogP contribution in [0.4, 0.5) is 10.5 Å². The zero-order chi connectivity index (χ0) is 24.8. The summed E-state index contributed by atoms with van der Waals surface area (Å²) >= 11 is 0. The van der Waals surface area contributed by atoms with Gasteiger partial charge in [0.1, 0.15) is 11.5 Å². The van der Waals surface area contributed by atoms with E-state index in [0.717, 1.165) is 17.0 Å². The normalized spacial score (nSPS) is 10.7. The van der Waals surface area contributed by atoms with Crippen molar-refractivity contribution in [3.8, 4) is 11.5 Å².